The molecule has 4 heteroatoms. The monoisotopic (exact) mass is 369 g/mol. The van der Waals surface area contributed by atoms with Crippen molar-refractivity contribution in [3.05, 3.63) is 35.4 Å². The predicted octanol–water partition coefficient (Wildman–Crippen LogP) is 4.33. The summed E-state index contributed by atoms with van der Waals surface area (Å²) in [7, 11) is 0. The maximum Gasteiger partial charge on any atom is 0.312 e. The molecule has 2 unspecified atom stereocenters. The van der Waals surface area contributed by atoms with E-state index in [0.29, 0.717) is 24.4 Å². The third-order valence-electron chi connectivity index (χ3n) is 6.95. The van der Waals surface area contributed by atoms with Gasteiger partial charge in [0, 0.05) is 12.5 Å². The Morgan fingerprint density at radius 1 is 1.11 bits per heavy atom. The molecule has 5 rings (SSSR count). The van der Waals surface area contributed by atoms with Crippen LogP contribution < -0.4 is 5.32 Å². The van der Waals surface area contributed by atoms with E-state index in [2.05, 4.69) is 43.4 Å². The summed E-state index contributed by atoms with van der Waals surface area (Å²) in [5.74, 6) is 1.54. The van der Waals surface area contributed by atoms with Gasteiger partial charge >= 0.3 is 5.97 Å². The lowest BCUT2D eigenvalue weighted by Gasteiger charge is -2.60. The number of ether oxygens (including phenoxy) is 1. The lowest BCUT2D eigenvalue weighted by molar-refractivity contribution is -0.177. The largest absolute Gasteiger partial charge is 0.460 e. The standard InChI is InChI=1S/C23H31NO3/c1-15(2)20-6-4-17(5-7-20)13-27-21(26)22-9-18-8-19(10-22)12-23(11-18,14-22)24-16(3)25/h4-7,15,18-19H,8-14H2,1-3H3,(H,24,25). The van der Waals surface area contributed by atoms with E-state index < -0.39 is 5.41 Å². The quantitative estimate of drug-likeness (QED) is 0.786. The van der Waals surface area contributed by atoms with E-state index >= 15 is 0 Å². The van der Waals surface area contributed by atoms with Gasteiger partial charge < -0.3 is 10.1 Å². The third-order valence-corrected chi connectivity index (χ3v) is 6.95. The van der Waals surface area contributed by atoms with E-state index in [9.17, 15) is 9.59 Å². The van der Waals surface area contributed by atoms with Crippen LogP contribution >= 0.6 is 0 Å². The molecular weight excluding hydrogens is 338 g/mol. The molecule has 0 saturated heterocycles. The summed E-state index contributed by atoms with van der Waals surface area (Å²) in [6.45, 7) is 6.27. The number of hydrogen-bond acceptors (Lipinski definition) is 3. The van der Waals surface area contributed by atoms with Gasteiger partial charge in [-0.1, -0.05) is 38.1 Å². The van der Waals surface area contributed by atoms with E-state index in [4.69, 9.17) is 4.74 Å². The van der Waals surface area contributed by atoms with Crippen LogP contribution in [0.3, 0.4) is 0 Å². The van der Waals surface area contributed by atoms with Gasteiger partial charge in [-0.2, -0.15) is 0 Å². The second-order valence-electron chi connectivity index (χ2n) is 9.68. The van der Waals surface area contributed by atoms with Crippen LogP contribution in [-0.2, 0) is 20.9 Å². The van der Waals surface area contributed by atoms with Gasteiger partial charge in [0.05, 0.1) is 5.41 Å². The van der Waals surface area contributed by atoms with Crippen LogP contribution in [0.1, 0.15) is 76.3 Å². The first-order valence-corrected chi connectivity index (χ1v) is 10.3. The maximum atomic E-state index is 13.1. The average molecular weight is 370 g/mol. The Balaban J connectivity index is 1.46. The molecular formula is C23H31NO3. The van der Waals surface area contributed by atoms with Crippen molar-refractivity contribution >= 4 is 11.9 Å². The lowest BCUT2D eigenvalue weighted by atomic mass is 9.47. The number of carbonyl (C=O) groups excluding carboxylic acids is 2. The highest BCUT2D eigenvalue weighted by molar-refractivity contribution is 5.79. The van der Waals surface area contributed by atoms with E-state index in [-0.39, 0.29) is 17.4 Å². The second kappa shape index (κ2) is 6.65. The van der Waals surface area contributed by atoms with Crippen molar-refractivity contribution in [2.24, 2.45) is 17.3 Å². The van der Waals surface area contributed by atoms with Crippen LogP contribution in [0.2, 0.25) is 0 Å². The Bertz CT molecular complexity index is 722. The molecule has 146 valence electrons. The van der Waals surface area contributed by atoms with Gasteiger partial charge in [0.15, 0.2) is 0 Å². The highest BCUT2D eigenvalue weighted by atomic mass is 16.5. The summed E-state index contributed by atoms with van der Waals surface area (Å²) in [5.41, 5.74) is 1.75. The molecule has 0 heterocycles. The smallest absolute Gasteiger partial charge is 0.312 e. The molecule has 0 aromatic heterocycles. The average Bonchev–Trinajstić information content (AvgIpc) is 2.57. The number of amides is 1. The highest BCUT2D eigenvalue weighted by Crippen LogP contribution is 2.62. The molecule has 4 aliphatic rings. The zero-order valence-electron chi connectivity index (χ0n) is 16.7. The second-order valence-corrected chi connectivity index (χ2v) is 9.68. The predicted molar refractivity (Wildman–Crippen MR) is 104 cm³/mol. The number of rotatable bonds is 5. The maximum absolute atomic E-state index is 13.1. The van der Waals surface area contributed by atoms with Gasteiger partial charge in [0.1, 0.15) is 6.61 Å². The Morgan fingerprint density at radius 2 is 1.74 bits per heavy atom. The highest BCUT2D eigenvalue weighted by Gasteiger charge is 2.61. The van der Waals surface area contributed by atoms with Crippen LogP contribution in [0, 0.1) is 17.3 Å². The molecule has 4 fully saturated rings. The molecule has 1 N–H and O–H groups in total. The first-order chi connectivity index (χ1) is 12.8. The van der Waals surface area contributed by atoms with Gasteiger partial charge in [0.25, 0.3) is 0 Å². The van der Waals surface area contributed by atoms with Crippen molar-refractivity contribution in [3.8, 4) is 0 Å². The van der Waals surface area contributed by atoms with E-state index in [0.717, 1.165) is 37.7 Å². The van der Waals surface area contributed by atoms with E-state index in [1.54, 1.807) is 6.92 Å². The molecule has 1 aromatic rings. The molecule has 4 aliphatic carbocycles. The van der Waals surface area contributed by atoms with Crippen LogP contribution in [0.15, 0.2) is 24.3 Å². The first-order valence-electron chi connectivity index (χ1n) is 10.3. The van der Waals surface area contributed by atoms with Crippen LogP contribution in [0.4, 0.5) is 0 Å². The van der Waals surface area contributed by atoms with Crippen molar-refractivity contribution in [2.75, 3.05) is 0 Å². The molecule has 0 radical (unpaired) electrons. The minimum atomic E-state index is -0.398. The van der Waals surface area contributed by atoms with Crippen molar-refractivity contribution in [1.82, 2.24) is 5.32 Å². The summed E-state index contributed by atoms with van der Waals surface area (Å²) in [6, 6.07) is 8.34. The SMILES string of the molecule is CC(=O)NC12CC3CC(C1)CC(C(=O)OCc1ccc(C(C)C)cc1)(C3)C2. The van der Waals surface area contributed by atoms with Gasteiger partial charge in [-0.3, -0.25) is 9.59 Å². The van der Waals surface area contributed by atoms with Crippen LogP contribution in [-0.4, -0.2) is 17.4 Å². The Kier molecular flexibility index (Phi) is 4.56. The molecule has 27 heavy (non-hydrogen) atoms. The van der Waals surface area contributed by atoms with Gasteiger partial charge in [0.2, 0.25) is 5.91 Å². The Labute approximate surface area is 162 Å². The molecule has 1 aromatic carbocycles. The number of nitrogens with one attached hydrogen (secondary N) is 1. The molecule has 1 amide bonds. The van der Waals surface area contributed by atoms with Crippen molar-refractivity contribution in [3.63, 3.8) is 0 Å². The topological polar surface area (TPSA) is 55.4 Å². The van der Waals surface area contributed by atoms with Gasteiger partial charge in [-0.25, -0.2) is 0 Å². The van der Waals surface area contributed by atoms with Crippen LogP contribution in [0.5, 0.6) is 0 Å². The fourth-order valence-electron chi connectivity index (χ4n) is 6.32. The summed E-state index contributed by atoms with van der Waals surface area (Å²) in [5, 5.41) is 3.21. The lowest BCUT2D eigenvalue weighted by Crippen LogP contribution is -2.64. The van der Waals surface area contributed by atoms with Crippen LogP contribution in [0.25, 0.3) is 0 Å². The van der Waals surface area contributed by atoms with E-state index in [1.807, 2.05) is 0 Å². The minimum Gasteiger partial charge on any atom is -0.460 e. The fourth-order valence-corrected chi connectivity index (χ4v) is 6.32. The number of hydrogen-bond donors (Lipinski definition) is 1. The third kappa shape index (κ3) is 3.51. The Hall–Kier alpha value is -1.84. The minimum absolute atomic E-state index is 0.0192. The molecule has 4 nitrogen and oxygen atoms in total. The fraction of sp³-hybridized carbons (Fsp3) is 0.652. The summed E-state index contributed by atoms with van der Waals surface area (Å²) < 4.78 is 5.81. The Morgan fingerprint density at radius 3 is 2.30 bits per heavy atom. The normalized spacial score (nSPS) is 33.9. The number of esters is 1. The number of benzene rings is 1. The van der Waals surface area contributed by atoms with E-state index in [1.165, 1.54) is 12.0 Å². The van der Waals surface area contributed by atoms with Crippen molar-refractivity contribution in [1.29, 1.82) is 0 Å². The first kappa shape index (κ1) is 18.5. The summed E-state index contributed by atoms with van der Waals surface area (Å²) >= 11 is 0. The molecule has 0 spiro atoms. The van der Waals surface area contributed by atoms with Crippen molar-refractivity contribution in [2.45, 2.75) is 77.4 Å². The summed E-state index contributed by atoms with van der Waals surface area (Å²) in [6.07, 6.45) is 5.85. The molecule has 4 saturated carbocycles. The number of carbonyl (C=O) groups is 2. The van der Waals surface area contributed by atoms with Crippen molar-refractivity contribution < 1.29 is 14.3 Å². The van der Waals surface area contributed by atoms with Gasteiger partial charge in [-0.05, 0) is 67.4 Å². The van der Waals surface area contributed by atoms with Gasteiger partial charge in [-0.15, -0.1) is 0 Å². The zero-order valence-corrected chi connectivity index (χ0v) is 16.7. The summed E-state index contributed by atoms with van der Waals surface area (Å²) in [4.78, 5) is 24.9. The molecule has 0 aliphatic heterocycles. The molecule has 4 bridgehead atoms. The zero-order chi connectivity index (χ0) is 19.2. The molecule has 2 atom stereocenters.